The van der Waals surface area contributed by atoms with Crippen LogP contribution in [-0.2, 0) is 9.53 Å². The van der Waals surface area contributed by atoms with Gasteiger partial charge in [0.1, 0.15) is 0 Å². The zero-order valence-corrected chi connectivity index (χ0v) is 9.74. The van der Waals surface area contributed by atoms with Crippen molar-refractivity contribution < 1.29 is 9.53 Å². The fraction of sp³-hybridized carbons (Fsp3) is 0.917. The number of hydrogen-bond acceptors (Lipinski definition) is 3. The number of methoxy groups -OCH3 is 1. The van der Waals surface area contributed by atoms with E-state index in [0.717, 1.165) is 19.0 Å². The number of rotatable bonds is 4. The number of ether oxygens (including phenoxy) is 1. The summed E-state index contributed by atoms with van der Waals surface area (Å²) >= 11 is 0. The highest BCUT2D eigenvalue weighted by molar-refractivity contribution is 5.73. The predicted molar refractivity (Wildman–Crippen MR) is 58.5 cm³/mol. The summed E-state index contributed by atoms with van der Waals surface area (Å²) in [6.07, 6.45) is 4.16. The average Bonchev–Trinajstić information content (AvgIpc) is 2.98. The summed E-state index contributed by atoms with van der Waals surface area (Å²) in [4.78, 5) is 13.9. The molecule has 0 aromatic rings. The summed E-state index contributed by atoms with van der Waals surface area (Å²) < 4.78 is 4.83. The summed E-state index contributed by atoms with van der Waals surface area (Å²) in [7, 11) is 1.49. The van der Waals surface area contributed by atoms with E-state index in [4.69, 9.17) is 4.74 Å². The second-order valence-electron chi connectivity index (χ2n) is 5.10. The molecule has 2 fully saturated rings. The number of esters is 1. The molecule has 2 atom stereocenters. The van der Waals surface area contributed by atoms with Crippen molar-refractivity contribution >= 4 is 5.97 Å². The fourth-order valence-corrected chi connectivity index (χ4v) is 2.48. The molecule has 1 saturated carbocycles. The van der Waals surface area contributed by atoms with Crippen LogP contribution in [-0.4, -0.2) is 37.6 Å². The third kappa shape index (κ3) is 2.71. The third-order valence-electron chi connectivity index (χ3n) is 3.74. The molecule has 2 unspecified atom stereocenters. The molecule has 0 N–H and O–H groups in total. The van der Waals surface area contributed by atoms with E-state index >= 15 is 0 Å². The van der Waals surface area contributed by atoms with Crippen LogP contribution in [0.1, 0.15) is 26.2 Å². The van der Waals surface area contributed by atoms with Crippen LogP contribution in [0.2, 0.25) is 0 Å². The molecule has 0 amide bonds. The lowest BCUT2D eigenvalue weighted by Gasteiger charge is -2.14. The van der Waals surface area contributed by atoms with Crippen LogP contribution in [0.15, 0.2) is 0 Å². The summed E-state index contributed by atoms with van der Waals surface area (Å²) in [6.45, 7) is 5.29. The summed E-state index contributed by atoms with van der Waals surface area (Å²) in [5.41, 5.74) is 0. The van der Waals surface area contributed by atoms with Gasteiger partial charge in [-0.05, 0) is 24.8 Å². The second kappa shape index (κ2) is 4.52. The Labute approximate surface area is 91.8 Å². The normalized spacial score (nSPS) is 31.9. The first kappa shape index (κ1) is 10.9. The maximum absolute atomic E-state index is 11.5. The van der Waals surface area contributed by atoms with Crippen molar-refractivity contribution in [3.8, 4) is 0 Å². The molecule has 86 valence electrons. The summed E-state index contributed by atoms with van der Waals surface area (Å²) in [5, 5.41) is 0. The average molecular weight is 211 g/mol. The van der Waals surface area contributed by atoms with E-state index in [1.54, 1.807) is 0 Å². The van der Waals surface area contributed by atoms with E-state index in [9.17, 15) is 4.79 Å². The Morgan fingerprint density at radius 3 is 2.73 bits per heavy atom. The minimum Gasteiger partial charge on any atom is -0.469 e. The molecule has 3 nitrogen and oxygen atoms in total. The highest BCUT2D eigenvalue weighted by Gasteiger charge is 2.35. The van der Waals surface area contributed by atoms with Gasteiger partial charge in [-0.2, -0.15) is 0 Å². The smallest absolute Gasteiger partial charge is 0.310 e. The Bertz CT molecular complexity index is 238. The number of carbonyl (C=O) groups excluding carboxylic acids is 1. The molecule has 15 heavy (non-hydrogen) atoms. The van der Waals surface area contributed by atoms with Crippen LogP contribution in [0.5, 0.6) is 0 Å². The van der Waals surface area contributed by atoms with Crippen molar-refractivity contribution in [1.29, 1.82) is 0 Å². The molecule has 1 aliphatic carbocycles. The Hall–Kier alpha value is -0.570. The SMILES string of the molecule is COC(=O)C1CN(CCC2CC2)CC1C. The molecule has 1 heterocycles. The van der Waals surface area contributed by atoms with Gasteiger partial charge in [0.15, 0.2) is 0 Å². The quantitative estimate of drug-likeness (QED) is 0.660. The predicted octanol–water partition coefficient (Wildman–Crippen LogP) is 1.53. The van der Waals surface area contributed by atoms with Crippen LogP contribution >= 0.6 is 0 Å². The first-order chi connectivity index (χ1) is 7.20. The maximum atomic E-state index is 11.5. The Balaban J connectivity index is 1.77. The minimum absolute atomic E-state index is 0.0311. The summed E-state index contributed by atoms with van der Waals surface area (Å²) in [6, 6.07) is 0. The molecule has 0 radical (unpaired) electrons. The van der Waals surface area contributed by atoms with Gasteiger partial charge in [-0.1, -0.05) is 19.8 Å². The molecular weight excluding hydrogens is 190 g/mol. The Morgan fingerprint density at radius 1 is 1.40 bits per heavy atom. The second-order valence-corrected chi connectivity index (χ2v) is 5.10. The monoisotopic (exact) mass is 211 g/mol. The van der Waals surface area contributed by atoms with Gasteiger partial charge in [0, 0.05) is 13.1 Å². The van der Waals surface area contributed by atoms with Crippen LogP contribution in [0.25, 0.3) is 0 Å². The van der Waals surface area contributed by atoms with Gasteiger partial charge in [0.25, 0.3) is 0 Å². The first-order valence-corrected chi connectivity index (χ1v) is 6.01. The van der Waals surface area contributed by atoms with Crippen molar-refractivity contribution in [2.24, 2.45) is 17.8 Å². The molecule has 0 aromatic heterocycles. The van der Waals surface area contributed by atoms with E-state index < -0.39 is 0 Å². The third-order valence-corrected chi connectivity index (χ3v) is 3.74. The molecule has 2 aliphatic rings. The van der Waals surface area contributed by atoms with Crippen molar-refractivity contribution in [3.05, 3.63) is 0 Å². The van der Waals surface area contributed by atoms with E-state index in [1.165, 1.54) is 32.9 Å². The maximum Gasteiger partial charge on any atom is 0.310 e. The Kier molecular flexibility index (Phi) is 3.29. The van der Waals surface area contributed by atoms with Crippen LogP contribution in [0, 0.1) is 17.8 Å². The molecule has 1 saturated heterocycles. The van der Waals surface area contributed by atoms with E-state index in [1.807, 2.05) is 0 Å². The van der Waals surface area contributed by atoms with Gasteiger partial charge in [0.05, 0.1) is 13.0 Å². The van der Waals surface area contributed by atoms with Crippen LogP contribution in [0.3, 0.4) is 0 Å². The highest BCUT2D eigenvalue weighted by atomic mass is 16.5. The van der Waals surface area contributed by atoms with Gasteiger partial charge in [0.2, 0.25) is 0 Å². The number of nitrogens with zero attached hydrogens (tertiary/aromatic N) is 1. The molecule has 0 spiro atoms. The zero-order chi connectivity index (χ0) is 10.8. The van der Waals surface area contributed by atoms with E-state index in [-0.39, 0.29) is 11.9 Å². The van der Waals surface area contributed by atoms with Crippen molar-refractivity contribution in [1.82, 2.24) is 4.90 Å². The number of carbonyl (C=O) groups is 1. The van der Waals surface area contributed by atoms with Crippen LogP contribution < -0.4 is 0 Å². The largest absolute Gasteiger partial charge is 0.469 e. The van der Waals surface area contributed by atoms with Gasteiger partial charge >= 0.3 is 5.97 Å². The lowest BCUT2D eigenvalue weighted by molar-refractivity contribution is -0.146. The molecule has 1 aliphatic heterocycles. The zero-order valence-electron chi connectivity index (χ0n) is 9.74. The standard InChI is InChI=1S/C12H21NO2/c1-9-7-13(6-5-10-3-4-10)8-11(9)12(14)15-2/h9-11H,3-8H2,1-2H3. The Morgan fingerprint density at radius 2 is 2.13 bits per heavy atom. The highest BCUT2D eigenvalue weighted by Crippen LogP contribution is 2.33. The van der Waals surface area contributed by atoms with Crippen molar-refractivity contribution in [3.63, 3.8) is 0 Å². The van der Waals surface area contributed by atoms with Gasteiger partial charge in [-0.3, -0.25) is 4.79 Å². The topological polar surface area (TPSA) is 29.5 Å². The minimum atomic E-state index is -0.0311. The van der Waals surface area contributed by atoms with E-state index in [2.05, 4.69) is 11.8 Å². The van der Waals surface area contributed by atoms with E-state index in [0.29, 0.717) is 5.92 Å². The first-order valence-electron chi connectivity index (χ1n) is 6.01. The fourth-order valence-electron chi connectivity index (χ4n) is 2.48. The van der Waals surface area contributed by atoms with Gasteiger partial charge in [-0.15, -0.1) is 0 Å². The van der Waals surface area contributed by atoms with Gasteiger partial charge in [-0.25, -0.2) is 0 Å². The molecule has 3 heteroatoms. The molecular formula is C12H21NO2. The van der Waals surface area contributed by atoms with Crippen molar-refractivity contribution in [2.75, 3.05) is 26.7 Å². The lowest BCUT2D eigenvalue weighted by Crippen LogP contribution is -2.25. The summed E-state index contributed by atoms with van der Waals surface area (Å²) in [5.74, 6) is 1.51. The number of hydrogen-bond donors (Lipinski definition) is 0. The molecule has 0 aromatic carbocycles. The van der Waals surface area contributed by atoms with Crippen LogP contribution in [0.4, 0.5) is 0 Å². The van der Waals surface area contributed by atoms with Gasteiger partial charge < -0.3 is 9.64 Å². The van der Waals surface area contributed by atoms with Crippen molar-refractivity contribution in [2.45, 2.75) is 26.2 Å². The number of likely N-dealkylation sites (tertiary alicyclic amines) is 1. The lowest BCUT2D eigenvalue weighted by atomic mass is 9.99. The molecule has 2 rings (SSSR count). The molecule has 0 bridgehead atoms.